The molecule has 1 heterocycles. The third-order valence-electron chi connectivity index (χ3n) is 1.76. The third-order valence-corrected chi connectivity index (χ3v) is 1.76. The second kappa shape index (κ2) is 4.40. The van der Waals surface area contributed by atoms with Crippen LogP contribution in [0.25, 0.3) is 0 Å². The van der Waals surface area contributed by atoms with E-state index in [1.807, 2.05) is 0 Å². The molecular weight excluding hydrogens is 188 g/mol. The Morgan fingerprint density at radius 3 is 2.86 bits per heavy atom. The second-order valence-electron chi connectivity index (χ2n) is 2.69. The summed E-state index contributed by atoms with van der Waals surface area (Å²) < 4.78 is 4.37. The number of nitrogens with one attached hydrogen (secondary N) is 1. The van der Waals surface area contributed by atoms with Gasteiger partial charge in [-0.15, -0.1) is 0 Å². The molecule has 0 radical (unpaired) electrons. The van der Waals surface area contributed by atoms with E-state index in [4.69, 9.17) is 5.11 Å². The molecule has 2 N–H and O–H groups in total. The van der Waals surface area contributed by atoms with E-state index in [-0.39, 0.29) is 6.42 Å². The zero-order valence-corrected chi connectivity index (χ0v) is 7.56. The third kappa shape index (κ3) is 2.32. The zero-order chi connectivity index (χ0) is 10.6. The standard InChI is InChI=1S/C8H10N2O4/c1-14-8(13)6(7(11)12)2-5-3-9-4-10-5/h3-4,6H,2H2,1H3,(H,9,10)(H,11,12). The summed E-state index contributed by atoms with van der Waals surface area (Å²) >= 11 is 0. The van der Waals surface area contributed by atoms with E-state index in [0.717, 1.165) is 7.11 Å². The van der Waals surface area contributed by atoms with Gasteiger partial charge in [0.1, 0.15) is 0 Å². The van der Waals surface area contributed by atoms with Gasteiger partial charge >= 0.3 is 11.9 Å². The summed E-state index contributed by atoms with van der Waals surface area (Å²) in [6.07, 6.45) is 2.95. The minimum absolute atomic E-state index is 0.0575. The lowest BCUT2D eigenvalue weighted by Crippen LogP contribution is -2.27. The van der Waals surface area contributed by atoms with E-state index < -0.39 is 17.9 Å². The highest BCUT2D eigenvalue weighted by Crippen LogP contribution is 2.07. The van der Waals surface area contributed by atoms with Crippen LogP contribution in [0.3, 0.4) is 0 Å². The predicted molar refractivity (Wildman–Crippen MR) is 45.4 cm³/mol. The molecule has 1 atom stereocenters. The number of nitrogens with zero attached hydrogens (tertiary/aromatic N) is 1. The van der Waals surface area contributed by atoms with Gasteiger partial charge in [-0.3, -0.25) is 9.59 Å². The molecule has 0 spiro atoms. The lowest BCUT2D eigenvalue weighted by Gasteiger charge is -2.07. The average Bonchev–Trinajstić information content (AvgIpc) is 2.65. The molecule has 76 valence electrons. The molecular formula is C8H10N2O4. The number of carboxylic acids is 1. The summed E-state index contributed by atoms with van der Waals surface area (Å²) in [5, 5.41) is 8.74. The van der Waals surface area contributed by atoms with Crippen molar-refractivity contribution in [3.05, 3.63) is 18.2 Å². The summed E-state index contributed by atoms with van der Waals surface area (Å²) in [6.45, 7) is 0. The lowest BCUT2D eigenvalue weighted by molar-refractivity contribution is -0.156. The maximum atomic E-state index is 11.0. The average molecular weight is 198 g/mol. The molecule has 1 aromatic rings. The van der Waals surface area contributed by atoms with Gasteiger partial charge in [0.25, 0.3) is 0 Å². The summed E-state index contributed by atoms with van der Waals surface area (Å²) in [5.74, 6) is -3.14. The highest BCUT2D eigenvalue weighted by molar-refractivity contribution is 5.94. The number of methoxy groups -OCH3 is 1. The van der Waals surface area contributed by atoms with Crippen molar-refractivity contribution in [2.24, 2.45) is 5.92 Å². The molecule has 0 aliphatic heterocycles. The molecule has 1 rings (SSSR count). The fourth-order valence-electron chi connectivity index (χ4n) is 1.03. The minimum Gasteiger partial charge on any atom is -0.481 e. The first kappa shape index (κ1) is 10.2. The van der Waals surface area contributed by atoms with Crippen LogP contribution >= 0.6 is 0 Å². The molecule has 1 unspecified atom stereocenters. The fourth-order valence-corrected chi connectivity index (χ4v) is 1.03. The van der Waals surface area contributed by atoms with E-state index in [0.29, 0.717) is 5.69 Å². The summed E-state index contributed by atoms with van der Waals surface area (Å²) in [7, 11) is 1.16. The predicted octanol–water partition coefficient (Wildman–Crippen LogP) is -0.174. The Morgan fingerprint density at radius 2 is 2.43 bits per heavy atom. The van der Waals surface area contributed by atoms with Gasteiger partial charge in [0.2, 0.25) is 0 Å². The van der Waals surface area contributed by atoms with Crippen LogP contribution in [0.15, 0.2) is 12.5 Å². The Bertz CT molecular complexity index is 320. The van der Waals surface area contributed by atoms with Crippen molar-refractivity contribution < 1.29 is 19.4 Å². The fraction of sp³-hybridized carbons (Fsp3) is 0.375. The summed E-state index contributed by atoms with van der Waals surface area (Å²) in [4.78, 5) is 28.2. The maximum absolute atomic E-state index is 11.0. The van der Waals surface area contributed by atoms with Gasteiger partial charge in [0.15, 0.2) is 5.92 Å². The van der Waals surface area contributed by atoms with Crippen LogP contribution in [0.2, 0.25) is 0 Å². The number of ether oxygens (including phenoxy) is 1. The van der Waals surface area contributed by atoms with Crippen molar-refractivity contribution in [2.45, 2.75) is 6.42 Å². The Hall–Kier alpha value is -1.85. The topological polar surface area (TPSA) is 92.3 Å². The molecule has 6 nitrogen and oxygen atoms in total. The molecule has 0 aliphatic rings. The zero-order valence-electron chi connectivity index (χ0n) is 7.56. The van der Waals surface area contributed by atoms with E-state index >= 15 is 0 Å². The van der Waals surface area contributed by atoms with Gasteiger partial charge in [0, 0.05) is 18.3 Å². The summed E-state index contributed by atoms with van der Waals surface area (Å²) in [6, 6.07) is 0. The largest absolute Gasteiger partial charge is 0.481 e. The van der Waals surface area contributed by atoms with Gasteiger partial charge in [-0.1, -0.05) is 0 Å². The Morgan fingerprint density at radius 1 is 1.71 bits per heavy atom. The number of aromatic amines is 1. The molecule has 14 heavy (non-hydrogen) atoms. The van der Waals surface area contributed by atoms with Crippen LogP contribution in [-0.2, 0) is 20.7 Å². The van der Waals surface area contributed by atoms with Crippen molar-refractivity contribution in [3.63, 3.8) is 0 Å². The molecule has 0 saturated heterocycles. The number of esters is 1. The van der Waals surface area contributed by atoms with Gasteiger partial charge in [-0.2, -0.15) is 0 Å². The molecule has 0 saturated carbocycles. The SMILES string of the molecule is COC(=O)C(Cc1cnc[nH]1)C(=O)O. The van der Waals surface area contributed by atoms with Crippen molar-refractivity contribution in [3.8, 4) is 0 Å². The highest BCUT2D eigenvalue weighted by Gasteiger charge is 2.27. The number of hydrogen-bond acceptors (Lipinski definition) is 4. The number of rotatable bonds is 4. The van der Waals surface area contributed by atoms with Gasteiger partial charge in [-0.25, -0.2) is 4.98 Å². The van der Waals surface area contributed by atoms with Crippen molar-refractivity contribution in [1.82, 2.24) is 9.97 Å². The molecule has 0 amide bonds. The minimum atomic E-state index is -1.20. The number of carboxylic acid groups (broad SMARTS) is 1. The van der Waals surface area contributed by atoms with Crippen molar-refractivity contribution in [2.75, 3.05) is 7.11 Å². The Labute approximate surface area is 79.9 Å². The quantitative estimate of drug-likeness (QED) is 0.517. The first-order valence-corrected chi connectivity index (χ1v) is 3.93. The number of hydrogen-bond donors (Lipinski definition) is 2. The normalized spacial score (nSPS) is 12.1. The number of aliphatic carboxylic acids is 1. The number of imidazole rings is 1. The number of carbonyl (C=O) groups is 2. The first-order chi connectivity index (χ1) is 6.65. The van der Waals surface area contributed by atoms with Crippen molar-refractivity contribution >= 4 is 11.9 Å². The van der Waals surface area contributed by atoms with Crippen LogP contribution < -0.4 is 0 Å². The Kier molecular flexibility index (Phi) is 3.22. The van der Waals surface area contributed by atoms with Gasteiger partial charge in [0.05, 0.1) is 13.4 Å². The van der Waals surface area contributed by atoms with E-state index in [1.165, 1.54) is 12.5 Å². The first-order valence-electron chi connectivity index (χ1n) is 3.93. The molecule has 0 fully saturated rings. The van der Waals surface area contributed by atoms with Gasteiger partial charge < -0.3 is 14.8 Å². The molecule has 0 aliphatic carbocycles. The molecule has 0 aromatic carbocycles. The number of aromatic nitrogens is 2. The van der Waals surface area contributed by atoms with Crippen LogP contribution in [0, 0.1) is 5.92 Å². The van der Waals surface area contributed by atoms with Crippen LogP contribution in [0.4, 0.5) is 0 Å². The van der Waals surface area contributed by atoms with Crippen LogP contribution in [0.5, 0.6) is 0 Å². The second-order valence-corrected chi connectivity index (χ2v) is 2.69. The molecule has 6 heteroatoms. The maximum Gasteiger partial charge on any atom is 0.320 e. The van der Waals surface area contributed by atoms with Crippen molar-refractivity contribution in [1.29, 1.82) is 0 Å². The highest BCUT2D eigenvalue weighted by atomic mass is 16.5. The van der Waals surface area contributed by atoms with Gasteiger partial charge in [-0.05, 0) is 0 Å². The summed E-state index contributed by atoms with van der Waals surface area (Å²) in [5.41, 5.74) is 0.586. The molecule has 0 bridgehead atoms. The number of carbonyl (C=O) groups excluding carboxylic acids is 1. The molecule has 1 aromatic heterocycles. The monoisotopic (exact) mass is 198 g/mol. The van der Waals surface area contributed by atoms with E-state index in [1.54, 1.807) is 0 Å². The van der Waals surface area contributed by atoms with E-state index in [2.05, 4.69) is 14.7 Å². The van der Waals surface area contributed by atoms with Crippen LogP contribution in [0.1, 0.15) is 5.69 Å². The lowest BCUT2D eigenvalue weighted by atomic mass is 10.0. The Balaban J connectivity index is 2.70. The smallest absolute Gasteiger partial charge is 0.320 e. The number of H-pyrrole nitrogens is 1. The van der Waals surface area contributed by atoms with Crippen LogP contribution in [-0.4, -0.2) is 34.1 Å². The van der Waals surface area contributed by atoms with E-state index in [9.17, 15) is 9.59 Å².